The molecule has 0 amide bonds. The zero-order valence-electron chi connectivity index (χ0n) is 14.0. The largest absolute Gasteiger partial charge is 0.355 e. The lowest BCUT2D eigenvalue weighted by atomic mass is 10.1. The van der Waals surface area contributed by atoms with E-state index in [0.29, 0.717) is 0 Å². The van der Waals surface area contributed by atoms with Crippen molar-refractivity contribution in [3.63, 3.8) is 0 Å². The Balaban J connectivity index is 1.42. The van der Waals surface area contributed by atoms with Gasteiger partial charge < -0.3 is 4.90 Å². The van der Waals surface area contributed by atoms with Gasteiger partial charge in [0.15, 0.2) is 0 Å². The molecule has 0 aliphatic carbocycles. The zero-order valence-corrected chi connectivity index (χ0v) is 14.8. The molecule has 0 bridgehead atoms. The van der Waals surface area contributed by atoms with Crippen LogP contribution >= 0.6 is 11.8 Å². The molecule has 1 aromatic heterocycles. The van der Waals surface area contributed by atoms with E-state index >= 15 is 0 Å². The van der Waals surface area contributed by atoms with E-state index in [1.54, 1.807) is 0 Å². The molecule has 4 rings (SSSR count). The van der Waals surface area contributed by atoms with Gasteiger partial charge >= 0.3 is 0 Å². The molecular formula is C19H24N4S. The van der Waals surface area contributed by atoms with Crippen molar-refractivity contribution in [1.82, 2.24) is 14.9 Å². The molecule has 2 fully saturated rings. The van der Waals surface area contributed by atoms with Crippen molar-refractivity contribution in [1.29, 1.82) is 0 Å². The van der Waals surface area contributed by atoms with Gasteiger partial charge in [0.2, 0.25) is 0 Å². The Morgan fingerprint density at radius 3 is 2.29 bits per heavy atom. The summed E-state index contributed by atoms with van der Waals surface area (Å²) < 4.78 is 0. The normalized spacial score (nSPS) is 18.9. The summed E-state index contributed by atoms with van der Waals surface area (Å²) in [6.07, 6.45) is 6.35. The van der Waals surface area contributed by atoms with Gasteiger partial charge in [-0.05, 0) is 18.4 Å². The van der Waals surface area contributed by atoms with E-state index in [9.17, 15) is 0 Å². The lowest BCUT2D eigenvalue weighted by Crippen LogP contribution is -2.31. The molecule has 4 nitrogen and oxygen atoms in total. The molecule has 0 unspecified atom stereocenters. The van der Waals surface area contributed by atoms with Gasteiger partial charge in [-0.25, -0.2) is 4.98 Å². The van der Waals surface area contributed by atoms with Gasteiger partial charge in [0.1, 0.15) is 5.82 Å². The van der Waals surface area contributed by atoms with Crippen molar-refractivity contribution in [3.05, 3.63) is 42.2 Å². The van der Waals surface area contributed by atoms with Crippen LogP contribution in [0.1, 0.15) is 18.4 Å². The third kappa shape index (κ3) is 3.73. The number of thioether (sulfide) groups is 1. The van der Waals surface area contributed by atoms with Crippen LogP contribution in [0.15, 0.2) is 36.7 Å². The highest BCUT2D eigenvalue weighted by Gasteiger charge is 2.14. The summed E-state index contributed by atoms with van der Waals surface area (Å²) in [6.45, 7) is 5.68. The molecule has 2 saturated heterocycles. The molecular weight excluding hydrogens is 316 g/mol. The molecule has 1 aromatic carbocycles. The summed E-state index contributed by atoms with van der Waals surface area (Å²) in [5, 5.41) is 0. The van der Waals surface area contributed by atoms with Gasteiger partial charge in [0.25, 0.3) is 0 Å². The summed E-state index contributed by atoms with van der Waals surface area (Å²) >= 11 is 2.06. The van der Waals surface area contributed by atoms with Crippen LogP contribution in [0, 0.1) is 0 Å². The first-order valence-corrected chi connectivity index (χ1v) is 10.0. The molecule has 2 aliphatic heterocycles. The molecule has 0 radical (unpaired) electrons. The first-order chi connectivity index (χ1) is 11.9. The van der Waals surface area contributed by atoms with E-state index in [1.165, 1.54) is 43.0 Å². The van der Waals surface area contributed by atoms with Gasteiger partial charge in [0, 0.05) is 49.8 Å². The third-order valence-electron chi connectivity index (χ3n) is 4.83. The van der Waals surface area contributed by atoms with Crippen LogP contribution in [0.25, 0.3) is 11.3 Å². The van der Waals surface area contributed by atoms with Gasteiger partial charge in [-0.3, -0.25) is 9.88 Å². The van der Waals surface area contributed by atoms with E-state index in [0.717, 1.165) is 36.7 Å². The Morgan fingerprint density at radius 1 is 0.875 bits per heavy atom. The Morgan fingerprint density at radius 2 is 1.62 bits per heavy atom. The average Bonchev–Trinajstić information content (AvgIpc) is 3.18. The summed E-state index contributed by atoms with van der Waals surface area (Å²) in [5.41, 5.74) is 3.49. The van der Waals surface area contributed by atoms with Crippen LogP contribution < -0.4 is 4.90 Å². The minimum atomic E-state index is 0.957. The summed E-state index contributed by atoms with van der Waals surface area (Å²) in [6, 6.07) is 8.81. The monoisotopic (exact) mass is 340 g/mol. The van der Waals surface area contributed by atoms with Crippen LogP contribution in [0.2, 0.25) is 0 Å². The lowest BCUT2D eigenvalue weighted by Gasteiger charge is -2.26. The predicted octanol–water partition coefficient (Wildman–Crippen LogP) is 3.29. The number of benzene rings is 1. The highest BCUT2D eigenvalue weighted by atomic mass is 32.2. The molecule has 5 heteroatoms. The van der Waals surface area contributed by atoms with Crippen molar-refractivity contribution in [2.75, 3.05) is 42.6 Å². The van der Waals surface area contributed by atoms with E-state index in [2.05, 4.69) is 55.8 Å². The maximum Gasteiger partial charge on any atom is 0.147 e. The fourth-order valence-electron chi connectivity index (χ4n) is 3.38. The van der Waals surface area contributed by atoms with E-state index in [1.807, 2.05) is 12.4 Å². The van der Waals surface area contributed by atoms with Crippen molar-refractivity contribution in [2.45, 2.75) is 19.4 Å². The third-order valence-corrected chi connectivity index (χ3v) is 5.77. The van der Waals surface area contributed by atoms with Crippen LogP contribution in [0.5, 0.6) is 0 Å². The number of hydrogen-bond acceptors (Lipinski definition) is 5. The Kier molecular flexibility index (Phi) is 4.99. The predicted molar refractivity (Wildman–Crippen MR) is 102 cm³/mol. The standard InChI is InChI=1S/C19H24N4S/c1-2-8-23(7-1)19-14-20-18(13-21-19)17-5-3-16(4-6-17)15-22-9-11-24-12-10-22/h3-6,13-14H,1-2,7-12,15H2. The Bertz CT molecular complexity index is 644. The Labute approximate surface area is 148 Å². The van der Waals surface area contributed by atoms with Crippen LogP contribution in [0.3, 0.4) is 0 Å². The van der Waals surface area contributed by atoms with Crippen LogP contribution in [-0.4, -0.2) is 52.6 Å². The van der Waals surface area contributed by atoms with Crippen molar-refractivity contribution in [3.8, 4) is 11.3 Å². The second-order valence-electron chi connectivity index (χ2n) is 6.54. The molecule has 3 heterocycles. The second-order valence-corrected chi connectivity index (χ2v) is 7.76. The fourth-order valence-corrected chi connectivity index (χ4v) is 4.36. The van der Waals surface area contributed by atoms with Crippen LogP contribution in [0.4, 0.5) is 5.82 Å². The van der Waals surface area contributed by atoms with E-state index in [-0.39, 0.29) is 0 Å². The second kappa shape index (κ2) is 7.53. The SMILES string of the molecule is c1cc(-c2cnc(N3CCCC3)cn2)ccc1CN1CCSCC1. The first kappa shape index (κ1) is 15.9. The molecule has 24 heavy (non-hydrogen) atoms. The van der Waals surface area contributed by atoms with Crippen molar-refractivity contribution >= 4 is 17.6 Å². The minimum Gasteiger partial charge on any atom is -0.355 e. The molecule has 126 valence electrons. The average molecular weight is 340 g/mol. The summed E-state index contributed by atoms with van der Waals surface area (Å²) in [5.74, 6) is 3.53. The van der Waals surface area contributed by atoms with E-state index < -0.39 is 0 Å². The fraction of sp³-hybridized carbons (Fsp3) is 0.474. The molecule has 0 N–H and O–H groups in total. The molecule has 2 aromatic rings. The maximum atomic E-state index is 4.62. The number of anilines is 1. The molecule has 2 aliphatic rings. The van der Waals surface area contributed by atoms with Crippen LogP contribution in [-0.2, 0) is 6.54 Å². The van der Waals surface area contributed by atoms with Crippen molar-refractivity contribution < 1.29 is 0 Å². The minimum absolute atomic E-state index is 0.957. The maximum absolute atomic E-state index is 4.62. The smallest absolute Gasteiger partial charge is 0.147 e. The first-order valence-electron chi connectivity index (χ1n) is 8.85. The van der Waals surface area contributed by atoms with Gasteiger partial charge in [-0.15, -0.1) is 0 Å². The molecule has 0 atom stereocenters. The van der Waals surface area contributed by atoms with E-state index in [4.69, 9.17) is 0 Å². The number of rotatable bonds is 4. The molecule has 0 saturated carbocycles. The highest BCUT2D eigenvalue weighted by molar-refractivity contribution is 7.99. The molecule has 0 spiro atoms. The quantitative estimate of drug-likeness (QED) is 0.853. The summed E-state index contributed by atoms with van der Waals surface area (Å²) in [7, 11) is 0. The zero-order chi connectivity index (χ0) is 16.2. The summed E-state index contributed by atoms with van der Waals surface area (Å²) in [4.78, 5) is 14.1. The van der Waals surface area contributed by atoms with Gasteiger partial charge in [-0.1, -0.05) is 24.3 Å². The Hall–Kier alpha value is -1.59. The van der Waals surface area contributed by atoms with Gasteiger partial charge in [-0.2, -0.15) is 11.8 Å². The number of nitrogens with zero attached hydrogens (tertiary/aromatic N) is 4. The number of aromatic nitrogens is 2. The topological polar surface area (TPSA) is 32.3 Å². The lowest BCUT2D eigenvalue weighted by molar-refractivity contribution is 0.294. The van der Waals surface area contributed by atoms with Crippen molar-refractivity contribution in [2.24, 2.45) is 0 Å². The number of hydrogen-bond donors (Lipinski definition) is 0. The highest BCUT2D eigenvalue weighted by Crippen LogP contribution is 2.21. The van der Waals surface area contributed by atoms with Gasteiger partial charge in [0.05, 0.1) is 18.1 Å².